The predicted octanol–water partition coefficient (Wildman–Crippen LogP) is 1.76. The fourth-order valence-corrected chi connectivity index (χ4v) is 4.41. The van der Waals surface area contributed by atoms with E-state index in [1.165, 1.54) is 22.6 Å². The Morgan fingerprint density at radius 1 is 1.15 bits per heavy atom. The maximum Gasteiger partial charge on any atom is 0.311 e. The summed E-state index contributed by atoms with van der Waals surface area (Å²) in [6, 6.07) is 9.98. The van der Waals surface area contributed by atoms with E-state index in [0.717, 1.165) is 5.56 Å². The lowest BCUT2D eigenvalue weighted by Crippen LogP contribution is -2.41. The van der Waals surface area contributed by atoms with Crippen LogP contribution in [0.25, 0.3) is 0 Å². The third-order valence-corrected chi connectivity index (χ3v) is 6.08. The SMILES string of the molecule is O=[N+]([O-])c1cccnc1NCc1ccccc1CS(=O)(=O)N1CCOCC1. The molecular weight excluding hydrogens is 372 g/mol. The number of aromatic nitrogens is 1. The van der Waals surface area contributed by atoms with E-state index < -0.39 is 14.9 Å². The molecule has 0 amide bonds. The van der Waals surface area contributed by atoms with Crippen molar-refractivity contribution in [3.63, 3.8) is 0 Å². The lowest BCUT2D eigenvalue weighted by atomic mass is 10.1. The van der Waals surface area contributed by atoms with Gasteiger partial charge in [0.1, 0.15) is 0 Å². The molecule has 2 heterocycles. The van der Waals surface area contributed by atoms with Gasteiger partial charge in [0, 0.05) is 31.9 Å². The lowest BCUT2D eigenvalue weighted by molar-refractivity contribution is -0.384. The highest BCUT2D eigenvalue weighted by molar-refractivity contribution is 7.88. The first-order valence-electron chi connectivity index (χ1n) is 8.43. The van der Waals surface area contributed by atoms with E-state index in [4.69, 9.17) is 4.74 Å². The molecule has 1 saturated heterocycles. The molecule has 0 spiro atoms. The molecule has 0 atom stereocenters. The van der Waals surface area contributed by atoms with Crippen LogP contribution in [-0.4, -0.2) is 48.9 Å². The van der Waals surface area contributed by atoms with E-state index in [-0.39, 0.29) is 23.8 Å². The van der Waals surface area contributed by atoms with Gasteiger partial charge in [0.05, 0.1) is 23.9 Å². The number of hydrogen-bond donors (Lipinski definition) is 1. The molecule has 1 aromatic heterocycles. The van der Waals surface area contributed by atoms with Gasteiger partial charge in [-0.15, -0.1) is 0 Å². The first kappa shape index (κ1) is 19.2. The standard InChI is InChI=1S/C17H20N4O5S/c22-21(23)16-6-3-7-18-17(16)19-12-14-4-1-2-5-15(14)13-27(24,25)20-8-10-26-11-9-20/h1-7H,8-13H2,(H,18,19). The molecule has 0 saturated carbocycles. The molecule has 10 heteroatoms. The highest BCUT2D eigenvalue weighted by Crippen LogP contribution is 2.22. The van der Waals surface area contributed by atoms with Crippen molar-refractivity contribution in [1.82, 2.24) is 9.29 Å². The Labute approximate surface area is 157 Å². The van der Waals surface area contributed by atoms with E-state index in [9.17, 15) is 18.5 Å². The number of pyridine rings is 1. The van der Waals surface area contributed by atoms with Crippen LogP contribution >= 0.6 is 0 Å². The second kappa shape index (κ2) is 8.42. The number of sulfonamides is 1. The van der Waals surface area contributed by atoms with Gasteiger partial charge in [-0.25, -0.2) is 13.4 Å². The molecule has 0 aliphatic carbocycles. The van der Waals surface area contributed by atoms with Gasteiger partial charge in [0.2, 0.25) is 15.8 Å². The Morgan fingerprint density at radius 3 is 2.56 bits per heavy atom. The summed E-state index contributed by atoms with van der Waals surface area (Å²) in [4.78, 5) is 14.6. The largest absolute Gasteiger partial charge is 0.379 e. The van der Waals surface area contributed by atoms with Gasteiger partial charge in [-0.1, -0.05) is 24.3 Å². The molecule has 144 valence electrons. The molecule has 1 N–H and O–H groups in total. The maximum atomic E-state index is 12.7. The Kier molecular flexibility index (Phi) is 5.99. The van der Waals surface area contributed by atoms with Crippen molar-refractivity contribution in [1.29, 1.82) is 0 Å². The van der Waals surface area contributed by atoms with Gasteiger partial charge >= 0.3 is 5.69 Å². The number of rotatable bonds is 7. The molecular formula is C17H20N4O5S. The molecule has 9 nitrogen and oxygen atoms in total. The Bertz CT molecular complexity index is 913. The van der Waals surface area contributed by atoms with Crippen LogP contribution in [0.5, 0.6) is 0 Å². The van der Waals surface area contributed by atoms with Crippen LogP contribution in [0.1, 0.15) is 11.1 Å². The number of nitro groups is 1. The van der Waals surface area contributed by atoms with Crippen LogP contribution in [0.15, 0.2) is 42.6 Å². The minimum atomic E-state index is -3.46. The number of nitrogens with zero attached hydrogens (tertiary/aromatic N) is 3. The fourth-order valence-electron chi connectivity index (χ4n) is 2.84. The van der Waals surface area contributed by atoms with Crippen molar-refractivity contribution >= 4 is 21.5 Å². The highest BCUT2D eigenvalue weighted by atomic mass is 32.2. The predicted molar refractivity (Wildman–Crippen MR) is 99.7 cm³/mol. The van der Waals surface area contributed by atoms with Crippen molar-refractivity contribution in [3.8, 4) is 0 Å². The molecule has 1 fully saturated rings. The quantitative estimate of drug-likeness (QED) is 0.564. The fraction of sp³-hybridized carbons (Fsp3) is 0.353. The highest BCUT2D eigenvalue weighted by Gasteiger charge is 2.25. The molecule has 2 aromatic rings. The van der Waals surface area contributed by atoms with Crippen molar-refractivity contribution in [3.05, 3.63) is 63.8 Å². The molecule has 27 heavy (non-hydrogen) atoms. The summed E-state index contributed by atoms with van der Waals surface area (Å²) in [5.41, 5.74) is 1.26. The molecule has 0 bridgehead atoms. The number of nitrogens with one attached hydrogen (secondary N) is 1. The minimum Gasteiger partial charge on any atom is -0.379 e. The second-order valence-electron chi connectivity index (χ2n) is 6.02. The van der Waals surface area contributed by atoms with E-state index in [0.29, 0.717) is 31.9 Å². The van der Waals surface area contributed by atoms with Crippen LogP contribution in [-0.2, 0) is 27.1 Å². The van der Waals surface area contributed by atoms with Gasteiger partial charge in [-0.3, -0.25) is 10.1 Å². The van der Waals surface area contributed by atoms with E-state index in [1.807, 2.05) is 0 Å². The smallest absolute Gasteiger partial charge is 0.311 e. The van der Waals surface area contributed by atoms with Gasteiger partial charge in [-0.05, 0) is 17.2 Å². The zero-order valence-electron chi connectivity index (χ0n) is 14.6. The Balaban J connectivity index is 1.76. The number of benzene rings is 1. The number of hydrogen-bond acceptors (Lipinski definition) is 7. The van der Waals surface area contributed by atoms with E-state index in [2.05, 4.69) is 10.3 Å². The minimum absolute atomic E-state index is 0.129. The zero-order valence-corrected chi connectivity index (χ0v) is 15.4. The summed E-state index contributed by atoms with van der Waals surface area (Å²) in [5.74, 6) is 0.0168. The first-order valence-corrected chi connectivity index (χ1v) is 10.0. The van der Waals surface area contributed by atoms with Crippen molar-refractivity contribution in [2.75, 3.05) is 31.6 Å². The average Bonchev–Trinajstić information content (AvgIpc) is 2.68. The van der Waals surface area contributed by atoms with Crippen LogP contribution in [0.2, 0.25) is 0 Å². The Morgan fingerprint density at radius 2 is 1.85 bits per heavy atom. The summed E-state index contributed by atoms with van der Waals surface area (Å²) in [6.45, 7) is 1.72. The van der Waals surface area contributed by atoms with Gasteiger partial charge in [-0.2, -0.15) is 4.31 Å². The number of anilines is 1. The summed E-state index contributed by atoms with van der Waals surface area (Å²) >= 11 is 0. The van der Waals surface area contributed by atoms with Crippen LogP contribution < -0.4 is 5.32 Å². The monoisotopic (exact) mass is 392 g/mol. The normalized spacial score (nSPS) is 15.4. The lowest BCUT2D eigenvalue weighted by Gasteiger charge is -2.26. The molecule has 1 aliphatic heterocycles. The van der Waals surface area contributed by atoms with Crippen LogP contribution in [0, 0.1) is 10.1 Å². The maximum absolute atomic E-state index is 12.7. The third kappa shape index (κ3) is 4.79. The summed E-state index contributed by atoms with van der Waals surface area (Å²) < 4.78 is 32.0. The van der Waals surface area contributed by atoms with Crippen LogP contribution in [0.3, 0.4) is 0 Å². The third-order valence-electron chi connectivity index (χ3n) is 4.25. The zero-order chi connectivity index (χ0) is 19.3. The molecule has 1 aromatic carbocycles. The van der Waals surface area contributed by atoms with Gasteiger partial charge in [0.15, 0.2) is 0 Å². The van der Waals surface area contributed by atoms with Gasteiger partial charge in [0.25, 0.3) is 0 Å². The van der Waals surface area contributed by atoms with Gasteiger partial charge < -0.3 is 10.1 Å². The summed E-state index contributed by atoms with van der Waals surface area (Å²) in [5, 5.41) is 14.0. The molecule has 3 rings (SSSR count). The average molecular weight is 392 g/mol. The van der Waals surface area contributed by atoms with Crippen molar-refractivity contribution < 1.29 is 18.1 Å². The second-order valence-corrected chi connectivity index (χ2v) is 7.99. The molecule has 0 unspecified atom stereocenters. The topological polar surface area (TPSA) is 115 Å². The molecule has 0 radical (unpaired) electrons. The summed E-state index contributed by atoms with van der Waals surface area (Å²) in [7, 11) is -3.46. The van der Waals surface area contributed by atoms with Crippen molar-refractivity contribution in [2.24, 2.45) is 0 Å². The van der Waals surface area contributed by atoms with E-state index in [1.54, 1.807) is 24.3 Å². The first-order chi connectivity index (χ1) is 13.0. The molecule has 1 aliphatic rings. The van der Waals surface area contributed by atoms with Crippen molar-refractivity contribution in [2.45, 2.75) is 12.3 Å². The number of morpholine rings is 1. The number of ether oxygens (including phenoxy) is 1. The van der Waals surface area contributed by atoms with E-state index >= 15 is 0 Å². The summed E-state index contributed by atoms with van der Waals surface area (Å²) in [6.07, 6.45) is 1.46. The van der Waals surface area contributed by atoms with Crippen LogP contribution in [0.4, 0.5) is 11.5 Å². The Hall–Kier alpha value is -2.56.